The van der Waals surface area contributed by atoms with Crippen LogP contribution in [0.5, 0.6) is 5.75 Å². The van der Waals surface area contributed by atoms with E-state index in [1.54, 1.807) is 18.6 Å². The van der Waals surface area contributed by atoms with Gasteiger partial charge in [-0.15, -0.1) is 0 Å². The number of ether oxygens (including phenoxy) is 1. The van der Waals surface area contributed by atoms with Crippen molar-refractivity contribution in [3.05, 3.63) is 60.4 Å². The third-order valence-electron chi connectivity index (χ3n) is 4.02. The van der Waals surface area contributed by atoms with E-state index >= 15 is 0 Å². The molecule has 0 saturated heterocycles. The molecule has 6 nitrogen and oxygen atoms in total. The van der Waals surface area contributed by atoms with Gasteiger partial charge in [-0.2, -0.15) is 0 Å². The molecule has 1 atom stereocenters. The molecule has 23 heavy (non-hydrogen) atoms. The SMILES string of the molecule is Cc1nccn1-c1cncc(NCC2COc3ccccc32)n1. The number of nitrogens with one attached hydrogen (secondary N) is 1. The third-order valence-corrected chi connectivity index (χ3v) is 4.02. The summed E-state index contributed by atoms with van der Waals surface area (Å²) in [5.74, 6) is 3.70. The van der Waals surface area contributed by atoms with Crippen LogP contribution in [0.4, 0.5) is 5.82 Å². The Morgan fingerprint density at radius 3 is 3.09 bits per heavy atom. The van der Waals surface area contributed by atoms with Crippen molar-refractivity contribution in [3.8, 4) is 11.6 Å². The van der Waals surface area contributed by atoms with Gasteiger partial charge in [0.05, 0.1) is 19.0 Å². The van der Waals surface area contributed by atoms with Crippen molar-refractivity contribution in [2.75, 3.05) is 18.5 Å². The summed E-state index contributed by atoms with van der Waals surface area (Å²) in [7, 11) is 0. The lowest BCUT2D eigenvalue weighted by atomic mass is 10.0. The summed E-state index contributed by atoms with van der Waals surface area (Å²) >= 11 is 0. The van der Waals surface area contributed by atoms with E-state index in [4.69, 9.17) is 4.74 Å². The molecule has 4 rings (SSSR count). The zero-order valence-electron chi connectivity index (χ0n) is 12.8. The van der Waals surface area contributed by atoms with Gasteiger partial charge in [-0.1, -0.05) is 18.2 Å². The zero-order valence-corrected chi connectivity index (χ0v) is 12.8. The molecular weight excluding hydrogens is 290 g/mol. The number of fused-ring (bicyclic) bond motifs is 1. The second-order valence-corrected chi connectivity index (χ2v) is 5.53. The van der Waals surface area contributed by atoms with Gasteiger partial charge in [0.25, 0.3) is 0 Å². The summed E-state index contributed by atoms with van der Waals surface area (Å²) in [5.41, 5.74) is 1.24. The average Bonchev–Trinajstić information content (AvgIpc) is 3.19. The van der Waals surface area contributed by atoms with Crippen LogP contribution in [0.15, 0.2) is 49.1 Å². The Kier molecular flexibility index (Phi) is 3.42. The maximum absolute atomic E-state index is 5.71. The minimum atomic E-state index is 0.326. The van der Waals surface area contributed by atoms with Crippen LogP contribution in [-0.2, 0) is 0 Å². The average molecular weight is 307 g/mol. The maximum atomic E-state index is 5.71. The molecule has 0 aliphatic carbocycles. The van der Waals surface area contributed by atoms with E-state index in [2.05, 4.69) is 26.3 Å². The van der Waals surface area contributed by atoms with Crippen molar-refractivity contribution < 1.29 is 4.74 Å². The van der Waals surface area contributed by atoms with Crippen LogP contribution in [0.3, 0.4) is 0 Å². The van der Waals surface area contributed by atoms with Crippen LogP contribution in [-0.4, -0.2) is 32.7 Å². The summed E-state index contributed by atoms with van der Waals surface area (Å²) < 4.78 is 7.62. The molecule has 1 aromatic carbocycles. The van der Waals surface area contributed by atoms with E-state index in [9.17, 15) is 0 Å². The van der Waals surface area contributed by atoms with Gasteiger partial charge in [0.2, 0.25) is 0 Å². The highest BCUT2D eigenvalue weighted by Gasteiger charge is 2.23. The van der Waals surface area contributed by atoms with E-state index in [1.807, 2.05) is 35.9 Å². The first-order valence-corrected chi connectivity index (χ1v) is 7.59. The number of rotatable bonds is 4. The molecular formula is C17H17N5O. The number of imidazole rings is 1. The fourth-order valence-corrected chi connectivity index (χ4v) is 2.80. The lowest BCUT2D eigenvalue weighted by molar-refractivity contribution is 0.334. The fraction of sp³-hybridized carbons (Fsp3) is 0.235. The topological polar surface area (TPSA) is 64.9 Å². The Morgan fingerprint density at radius 1 is 1.30 bits per heavy atom. The summed E-state index contributed by atoms with van der Waals surface area (Å²) in [5, 5.41) is 3.36. The molecule has 0 amide bonds. The van der Waals surface area contributed by atoms with Crippen LogP contribution in [0.2, 0.25) is 0 Å². The molecule has 0 fully saturated rings. The standard InChI is InChI=1S/C17H17N5O/c1-12-19-6-7-22(12)17-10-18-9-16(21-17)20-8-13-11-23-15-5-3-2-4-14(13)15/h2-7,9-10,13H,8,11H2,1H3,(H,20,21). The molecule has 0 spiro atoms. The third kappa shape index (κ3) is 2.63. The highest BCUT2D eigenvalue weighted by molar-refractivity contribution is 5.42. The van der Waals surface area contributed by atoms with E-state index in [0.717, 1.165) is 29.8 Å². The Morgan fingerprint density at radius 2 is 2.22 bits per heavy atom. The summed E-state index contributed by atoms with van der Waals surface area (Å²) in [6, 6.07) is 8.17. The molecule has 3 aromatic rings. The number of benzene rings is 1. The van der Waals surface area contributed by atoms with Crippen molar-refractivity contribution in [2.24, 2.45) is 0 Å². The molecule has 0 radical (unpaired) electrons. The fourth-order valence-electron chi connectivity index (χ4n) is 2.80. The van der Waals surface area contributed by atoms with Crippen molar-refractivity contribution in [3.63, 3.8) is 0 Å². The number of hydrogen-bond acceptors (Lipinski definition) is 5. The summed E-state index contributed by atoms with van der Waals surface area (Å²) in [6.45, 7) is 3.40. The first-order valence-electron chi connectivity index (χ1n) is 7.59. The normalized spacial score (nSPS) is 16.0. The molecule has 0 bridgehead atoms. The quantitative estimate of drug-likeness (QED) is 0.802. The number of aromatic nitrogens is 4. The monoisotopic (exact) mass is 307 g/mol. The van der Waals surface area contributed by atoms with Crippen LogP contribution in [0.1, 0.15) is 17.3 Å². The molecule has 2 aromatic heterocycles. The van der Waals surface area contributed by atoms with Gasteiger partial charge in [-0.25, -0.2) is 9.97 Å². The van der Waals surface area contributed by atoms with Crippen molar-refractivity contribution in [1.29, 1.82) is 0 Å². The first kappa shape index (κ1) is 13.8. The highest BCUT2D eigenvalue weighted by atomic mass is 16.5. The second-order valence-electron chi connectivity index (χ2n) is 5.53. The van der Waals surface area contributed by atoms with Gasteiger partial charge in [0, 0.05) is 30.4 Å². The molecule has 6 heteroatoms. The number of nitrogens with zero attached hydrogens (tertiary/aromatic N) is 4. The lowest BCUT2D eigenvalue weighted by Crippen LogP contribution is -2.15. The largest absolute Gasteiger partial charge is 0.493 e. The van der Waals surface area contributed by atoms with Gasteiger partial charge in [-0.05, 0) is 13.0 Å². The van der Waals surface area contributed by atoms with Crippen molar-refractivity contribution >= 4 is 5.82 Å². The van der Waals surface area contributed by atoms with E-state index in [0.29, 0.717) is 12.5 Å². The molecule has 1 aliphatic rings. The molecule has 3 heterocycles. The van der Waals surface area contributed by atoms with Crippen LogP contribution in [0.25, 0.3) is 5.82 Å². The van der Waals surface area contributed by atoms with Crippen molar-refractivity contribution in [1.82, 2.24) is 19.5 Å². The highest BCUT2D eigenvalue weighted by Crippen LogP contribution is 2.33. The smallest absolute Gasteiger partial charge is 0.159 e. The summed E-state index contributed by atoms with van der Waals surface area (Å²) in [4.78, 5) is 13.1. The Balaban J connectivity index is 1.49. The Hall–Kier alpha value is -2.89. The van der Waals surface area contributed by atoms with E-state index in [1.165, 1.54) is 5.56 Å². The number of hydrogen-bond donors (Lipinski definition) is 1. The minimum absolute atomic E-state index is 0.326. The molecule has 0 saturated carbocycles. The van der Waals surface area contributed by atoms with Gasteiger partial charge in [-0.3, -0.25) is 9.55 Å². The molecule has 1 unspecified atom stereocenters. The number of anilines is 1. The van der Waals surface area contributed by atoms with Gasteiger partial charge in [0.1, 0.15) is 17.4 Å². The number of aryl methyl sites for hydroxylation is 1. The molecule has 1 aliphatic heterocycles. The number of para-hydroxylation sites is 1. The minimum Gasteiger partial charge on any atom is -0.493 e. The predicted octanol–water partition coefficient (Wildman–Crippen LogP) is 2.56. The molecule has 116 valence electrons. The van der Waals surface area contributed by atoms with Crippen LogP contribution in [0, 0.1) is 6.92 Å². The van der Waals surface area contributed by atoms with Crippen LogP contribution < -0.4 is 10.1 Å². The Bertz CT molecular complexity index is 829. The second kappa shape index (κ2) is 5.72. The Labute approximate surface area is 134 Å². The summed E-state index contributed by atoms with van der Waals surface area (Å²) in [6.07, 6.45) is 7.10. The first-order chi connectivity index (χ1) is 11.3. The van der Waals surface area contributed by atoms with E-state index in [-0.39, 0.29) is 0 Å². The maximum Gasteiger partial charge on any atom is 0.159 e. The van der Waals surface area contributed by atoms with Crippen LogP contribution >= 0.6 is 0 Å². The molecule has 1 N–H and O–H groups in total. The van der Waals surface area contributed by atoms with Gasteiger partial charge in [0.15, 0.2) is 5.82 Å². The predicted molar refractivity (Wildman–Crippen MR) is 87.1 cm³/mol. The van der Waals surface area contributed by atoms with Gasteiger partial charge < -0.3 is 10.1 Å². The zero-order chi connectivity index (χ0) is 15.6. The van der Waals surface area contributed by atoms with Crippen molar-refractivity contribution in [2.45, 2.75) is 12.8 Å². The van der Waals surface area contributed by atoms with Gasteiger partial charge >= 0.3 is 0 Å². The van der Waals surface area contributed by atoms with E-state index < -0.39 is 0 Å². The lowest BCUT2D eigenvalue weighted by Gasteiger charge is -2.12.